The lowest BCUT2D eigenvalue weighted by Gasteiger charge is -2.11. The molecule has 0 saturated heterocycles. The van der Waals surface area contributed by atoms with Crippen LogP contribution in [0.5, 0.6) is 5.75 Å². The van der Waals surface area contributed by atoms with Gasteiger partial charge in [-0.3, -0.25) is 0 Å². The summed E-state index contributed by atoms with van der Waals surface area (Å²) in [4.78, 5) is 12.3. The molecule has 4 heteroatoms. The summed E-state index contributed by atoms with van der Waals surface area (Å²) in [5, 5.41) is 12.9. The van der Waals surface area contributed by atoms with Crippen molar-refractivity contribution in [3.63, 3.8) is 0 Å². The summed E-state index contributed by atoms with van der Waals surface area (Å²) >= 11 is 0. The highest BCUT2D eigenvalue weighted by atomic mass is 16.5. The maximum atomic E-state index is 12.3. The second kappa shape index (κ2) is 7.24. The van der Waals surface area contributed by atoms with E-state index in [1.807, 2.05) is 36.4 Å². The minimum Gasteiger partial charge on any atom is -0.422 e. The third-order valence-corrected chi connectivity index (χ3v) is 3.50. The lowest BCUT2D eigenvalue weighted by Crippen LogP contribution is -2.12. The topological polar surface area (TPSA) is 58.9 Å². The lowest BCUT2D eigenvalue weighted by atomic mass is 10.0. The number of oxime groups is 1. The summed E-state index contributed by atoms with van der Waals surface area (Å²) in [6, 6.07) is 24.9. The molecule has 0 radical (unpaired) electrons. The SMILES string of the molecule is O=C(Oc1ccccc1/C(=N/O)c1ccccc1)c1ccccc1. The van der Waals surface area contributed by atoms with Gasteiger partial charge >= 0.3 is 5.97 Å². The van der Waals surface area contributed by atoms with Crippen molar-refractivity contribution in [2.75, 3.05) is 0 Å². The second-order valence-corrected chi connectivity index (χ2v) is 5.07. The molecule has 0 aromatic heterocycles. The fourth-order valence-electron chi connectivity index (χ4n) is 2.35. The summed E-state index contributed by atoms with van der Waals surface area (Å²) in [6.45, 7) is 0. The van der Waals surface area contributed by atoms with Crippen LogP contribution in [0.2, 0.25) is 0 Å². The Morgan fingerprint density at radius 1 is 0.750 bits per heavy atom. The van der Waals surface area contributed by atoms with Crippen molar-refractivity contribution in [3.8, 4) is 5.75 Å². The summed E-state index contributed by atoms with van der Waals surface area (Å²) in [5.41, 5.74) is 2.06. The zero-order valence-corrected chi connectivity index (χ0v) is 12.8. The minimum absolute atomic E-state index is 0.336. The molecular formula is C20H15NO3. The molecule has 0 aliphatic rings. The highest BCUT2D eigenvalue weighted by Gasteiger charge is 2.16. The van der Waals surface area contributed by atoms with Gasteiger partial charge in [-0.25, -0.2) is 4.79 Å². The van der Waals surface area contributed by atoms with Crippen molar-refractivity contribution >= 4 is 11.7 Å². The van der Waals surface area contributed by atoms with Crippen LogP contribution in [0.15, 0.2) is 90.1 Å². The summed E-state index contributed by atoms with van der Waals surface area (Å²) < 4.78 is 5.50. The lowest BCUT2D eigenvalue weighted by molar-refractivity contribution is 0.0734. The molecule has 4 nitrogen and oxygen atoms in total. The number of hydrogen-bond donors (Lipinski definition) is 1. The predicted octanol–water partition coefficient (Wildman–Crippen LogP) is 4.13. The molecule has 24 heavy (non-hydrogen) atoms. The Balaban J connectivity index is 1.95. The highest BCUT2D eigenvalue weighted by molar-refractivity contribution is 6.14. The fourth-order valence-corrected chi connectivity index (χ4v) is 2.35. The van der Waals surface area contributed by atoms with Crippen LogP contribution in [0.3, 0.4) is 0 Å². The average Bonchev–Trinajstić information content (AvgIpc) is 2.65. The van der Waals surface area contributed by atoms with Crippen LogP contribution in [0.25, 0.3) is 0 Å². The van der Waals surface area contributed by atoms with E-state index in [0.29, 0.717) is 22.6 Å². The van der Waals surface area contributed by atoms with Gasteiger partial charge in [-0.15, -0.1) is 0 Å². The number of benzene rings is 3. The number of rotatable bonds is 4. The van der Waals surface area contributed by atoms with Crippen molar-refractivity contribution in [1.82, 2.24) is 0 Å². The molecule has 3 aromatic rings. The van der Waals surface area contributed by atoms with Gasteiger partial charge < -0.3 is 9.94 Å². The van der Waals surface area contributed by atoms with E-state index in [9.17, 15) is 10.0 Å². The number of para-hydroxylation sites is 1. The van der Waals surface area contributed by atoms with E-state index < -0.39 is 5.97 Å². The van der Waals surface area contributed by atoms with Crippen LogP contribution in [0.1, 0.15) is 21.5 Å². The molecule has 3 rings (SSSR count). The molecule has 0 fully saturated rings. The Bertz CT molecular complexity index is 858. The first-order valence-corrected chi connectivity index (χ1v) is 7.43. The summed E-state index contributed by atoms with van der Waals surface area (Å²) in [7, 11) is 0. The maximum absolute atomic E-state index is 12.3. The Kier molecular flexibility index (Phi) is 4.68. The zero-order chi connectivity index (χ0) is 16.8. The van der Waals surface area contributed by atoms with E-state index >= 15 is 0 Å². The van der Waals surface area contributed by atoms with Crippen molar-refractivity contribution in [2.24, 2.45) is 5.16 Å². The Morgan fingerprint density at radius 2 is 1.29 bits per heavy atom. The summed E-state index contributed by atoms with van der Waals surface area (Å²) in [6.07, 6.45) is 0. The van der Waals surface area contributed by atoms with Crippen LogP contribution in [-0.2, 0) is 0 Å². The first-order valence-electron chi connectivity index (χ1n) is 7.43. The monoisotopic (exact) mass is 317 g/mol. The molecule has 118 valence electrons. The van der Waals surface area contributed by atoms with Gasteiger partial charge in [-0.1, -0.05) is 65.8 Å². The third kappa shape index (κ3) is 3.33. The van der Waals surface area contributed by atoms with Crippen molar-refractivity contribution in [3.05, 3.63) is 102 Å². The maximum Gasteiger partial charge on any atom is 0.343 e. The van der Waals surface area contributed by atoms with Crippen molar-refractivity contribution < 1.29 is 14.7 Å². The average molecular weight is 317 g/mol. The van der Waals surface area contributed by atoms with Gasteiger partial charge in [0.1, 0.15) is 11.5 Å². The van der Waals surface area contributed by atoms with Crippen molar-refractivity contribution in [1.29, 1.82) is 0 Å². The smallest absolute Gasteiger partial charge is 0.343 e. The molecule has 0 amide bonds. The highest BCUT2D eigenvalue weighted by Crippen LogP contribution is 2.23. The van der Waals surface area contributed by atoms with Gasteiger partial charge in [0.25, 0.3) is 0 Å². The molecule has 0 aliphatic heterocycles. The molecule has 0 bridgehead atoms. The molecule has 3 aromatic carbocycles. The van der Waals surface area contributed by atoms with Crippen LogP contribution >= 0.6 is 0 Å². The van der Waals surface area contributed by atoms with Gasteiger partial charge in [0.2, 0.25) is 0 Å². The minimum atomic E-state index is -0.464. The number of hydrogen-bond acceptors (Lipinski definition) is 4. The molecule has 0 unspecified atom stereocenters. The van der Waals surface area contributed by atoms with Crippen LogP contribution in [0.4, 0.5) is 0 Å². The summed E-state index contributed by atoms with van der Waals surface area (Å²) in [5.74, 6) is -0.128. The van der Waals surface area contributed by atoms with Gasteiger partial charge in [0.05, 0.1) is 5.56 Å². The standard InChI is InChI=1S/C20H15NO3/c22-20(16-11-5-2-6-12-16)24-18-14-8-7-13-17(18)19(21-23)15-9-3-1-4-10-15/h1-14,23H/b21-19+. The molecule has 0 saturated carbocycles. The third-order valence-electron chi connectivity index (χ3n) is 3.50. The van der Waals surface area contributed by atoms with Gasteiger partial charge in [0, 0.05) is 11.1 Å². The number of esters is 1. The van der Waals surface area contributed by atoms with Gasteiger partial charge in [-0.05, 0) is 24.3 Å². The Morgan fingerprint density at radius 3 is 1.92 bits per heavy atom. The molecule has 0 spiro atoms. The van der Waals surface area contributed by atoms with E-state index in [2.05, 4.69) is 5.16 Å². The van der Waals surface area contributed by atoms with Crippen LogP contribution in [-0.4, -0.2) is 16.9 Å². The first kappa shape index (κ1) is 15.5. The Labute approximate surface area is 139 Å². The van der Waals surface area contributed by atoms with Gasteiger partial charge in [-0.2, -0.15) is 0 Å². The largest absolute Gasteiger partial charge is 0.422 e. The van der Waals surface area contributed by atoms with E-state index in [-0.39, 0.29) is 0 Å². The van der Waals surface area contributed by atoms with E-state index in [1.54, 1.807) is 48.5 Å². The second-order valence-electron chi connectivity index (χ2n) is 5.07. The number of nitrogens with zero attached hydrogens (tertiary/aromatic N) is 1. The predicted molar refractivity (Wildman–Crippen MR) is 91.7 cm³/mol. The van der Waals surface area contributed by atoms with Gasteiger partial charge in [0.15, 0.2) is 0 Å². The molecule has 0 aliphatic carbocycles. The Hall–Kier alpha value is -3.40. The quantitative estimate of drug-likeness (QED) is 0.259. The molecule has 1 N–H and O–H groups in total. The molecule has 0 heterocycles. The van der Waals surface area contributed by atoms with E-state index in [1.165, 1.54) is 0 Å². The normalized spacial score (nSPS) is 11.1. The number of carbonyl (C=O) groups excluding carboxylic acids is 1. The number of ether oxygens (including phenoxy) is 1. The van der Waals surface area contributed by atoms with Crippen LogP contribution < -0.4 is 4.74 Å². The van der Waals surface area contributed by atoms with Crippen molar-refractivity contribution in [2.45, 2.75) is 0 Å². The molecular weight excluding hydrogens is 302 g/mol. The fraction of sp³-hybridized carbons (Fsp3) is 0. The number of carbonyl (C=O) groups is 1. The zero-order valence-electron chi connectivity index (χ0n) is 12.8. The van der Waals surface area contributed by atoms with E-state index in [0.717, 1.165) is 5.56 Å². The van der Waals surface area contributed by atoms with E-state index in [4.69, 9.17) is 4.74 Å². The van der Waals surface area contributed by atoms with Crippen LogP contribution in [0, 0.1) is 0 Å². The molecule has 0 atom stereocenters. The first-order chi connectivity index (χ1) is 11.8.